The van der Waals surface area contributed by atoms with E-state index in [1.54, 1.807) is 23.3 Å². The third-order valence-electron chi connectivity index (χ3n) is 3.56. The van der Waals surface area contributed by atoms with Gasteiger partial charge in [0.1, 0.15) is 6.33 Å². The van der Waals surface area contributed by atoms with E-state index in [4.69, 9.17) is 32.7 Å². The number of fused-ring (bicyclic) bond motifs is 1. The summed E-state index contributed by atoms with van der Waals surface area (Å²) in [4.78, 5) is 0. The monoisotopic (exact) mass is 406 g/mol. The topological polar surface area (TPSA) is 61.5 Å². The van der Waals surface area contributed by atoms with Crippen molar-refractivity contribution in [2.45, 2.75) is 10.9 Å². The van der Waals surface area contributed by atoms with E-state index in [1.165, 1.54) is 11.8 Å². The van der Waals surface area contributed by atoms with Crippen molar-refractivity contribution in [3.05, 3.63) is 63.9 Å². The maximum Gasteiger partial charge on any atom is 0.231 e. The normalized spacial score (nSPS) is 12.8. The Morgan fingerprint density at radius 2 is 2.04 bits per heavy atom. The van der Waals surface area contributed by atoms with Crippen molar-refractivity contribution in [1.82, 2.24) is 14.9 Å². The van der Waals surface area contributed by atoms with E-state index in [-0.39, 0.29) is 6.79 Å². The standard InChI is InChI=1S/C17H12Cl2N4O2S/c18-13-3-1-11(2-4-13)8-26-17-22-20-9-23(17)21-7-12-5-14(19)16-15(6-12)24-10-25-16/h1-7,9H,8,10H2/b21-7-. The van der Waals surface area contributed by atoms with Crippen LogP contribution in [0.2, 0.25) is 10.0 Å². The number of hydrogen-bond acceptors (Lipinski definition) is 6. The fraction of sp³-hybridized carbons (Fsp3) is 0.118. The highest BCUT2D eigenvalue weighted by atomic mass is 35.5. The van der Waals surface area contributed by atoms with Gasteiger partial charge in [0.25, 0.3) is 0 Å². The van der Waals surface area contributed by atoms with Crippen molar-refractivity contribution in [3.8, 4) is 11.5 Å². The second-order valence-corrected chi connectivity index (χ2v) is 7.14. The number of thioether (sulfide) groups is 1. The number of aromatic nitrogens is 3. The van der Waals surface area contributed by atoms with Gasteiger partial charge >= 0.3 is 0 Å². The number of hydrogen-bond donors (Lipinski definition) is 0. The molecule has 3 aromatic rings. The molecular weight excluding hydrogens is 395 g/mol. The summed E-state index contributed by atoms with van der Waals surface area (Å²) >= 11 is 13.6. The average Bonchev–Trinajstić information content (AvgIpc) is 3.28. The van der Waals surface area contributed by atoms with Gasteiger partial charge in [-0.05, 0) is 35.4 Å². The zero-order valence-electron chi connectivity index (χ0n) is 13.3. The van der Waals surface area contributed by atoms with E-state index >= 15 is 0 Å². The van der Waals surface area contributed by atoms with Gasteiger partial charge in [0.2, 0.25) is 11.9 Å². The minimum atomic E-state index is 0.173. The molecule has 26 heavy (non-hydrogen) atoms. The zero-order valence-corrected chi connectivity index (χ0v) is 15.6. The van der Waals surface area contributed by atoms with E-state index < -0.39 is 0 Å². The first kappa shape index (κ1) is 17.2. The molecule has 1 aromatic heterocycles. The molecule has 132 valence electrons. The first-order chi connectivity index (χ1) is 12.7. The lowest BCUT2D eigenvalue weighted by Crippen LogP contribution is -1.93. The van der Waals surface area contributed by atoms with Crippen molar-refractivity contribution in [1.29, 1.82) is 0 Å². The predicted molar refractivity (Wildman–Crippen MR) is 102 cm³/mol. The van der Waals surface area contributed by atoms with Gasteiger partial charge in [0.05, 0.1) is 11.2 Å². The average molecular weight is 407 g/mol. The molecule has 0 spiro atoms. The summed E-state index contributed by atoms with van der Waals surface area (Å²) in [6, 6.07) is 11.3. The lowest BCUT2D eigenvalue weighted by atomic mass is 10.2. The maximum atomic E-state index is 6.18. The molecular formula is C17H12Cl2N4O2S. The third kappa shape index (κ3) is 3.80. The second kappa shape index (κ2) is 7.57. The van der Waals surface area contributed by atoms with Crippen LogP contribution < -0.4 is 9.47 Å². The van der Waals surface area contributed by atoms with Crippen LogP contribution in [0.1, 0.15) is 11.1 Å². The molecule has 0 aliphatic carbocycles. The summed E-state index contributed by atoms with van der Waals surface area (Å²) in [5, 5.41) is 14.3. The van der Waals surface area contributed by atoms with Gasteiger partial charge in [-0.15, -0.1) is 10.2 Å². The Morgan fingerprint density at radius 1 is 1.19 bits per heavy atom. The Morgan fingerprint density at radius 3 is 2.88 bits per heavy atom. The molecule has 9 heteroatoms. The van der Waals surface area contributed by atoms with Gasteiger partial charge in [0, 0.05) is 10.8 Å². The second-order valence-electron chi connectivity index (χ2n) is 5.35. The molecule has 4 rings (SSSR count). The molecule has 1 aliphatic heterocycles. The summed E-state index contributed by atoms with van der Waals surface area (Å²) in [5.74, 6) is 1.91. The minimum absolute atomic E-state index is 0.173. The highest BCUT2D eigenvalue weighted by molar-refractivity contribution is 7.98. The Kier molecular flexibility index (Phi) is 5.01. The summed E-state index contributed by atoms with van der Waals surface area (Å²) in [7, 11) is 0. The first-order valence-electron chi connectivity index (χ1n) is 7.60. The number of benzene rings is 2. The maximum absolute atomic E-state index is 6.18. The number of halogens is 2. The lowest BCUT2D eigenvalue weighted by Gasteiger charge is -2.03. The molecule has 0 amide bonds. The highest BCUT2D eigenvalue weighted by Crippen LogP contribution is 2.39. The summed E-state index contributed by atoms with van der Waals surface area (Å²) in [6.45, 7) is 0.173. The number of ether oxygens (including phenoxy) is 2. The van der Waals surface area contributed by atoms with E-state index in [0.29, 0.717) is 26.7 Å². The van der Waals surface area contributed by atoms with Gasteiger partial charge in [-0.2, -0.15) is 9.78 Å². The van der Waals surface area contributed by atoms with Gasteiger partial charge in [-0.25, -0.2) is 0 Å². The third-order valence-corrected chi connectivity index (χ3v) is 5.10. The molecule has 1 aliphatic rings. The Hall–Kier alpha value is -2.22. The van der Waals surface area contributed by atoms with Crippen LogP contribution >= 0.6 is 35.0 Å². The van der Waals surface area contributed by atoms with Crippen molar-refractivity contribution in [2.24, 2.45) is 5.10 Å². The highest BCUT2D eigenvalue weighted by Gasteiger charge is 2.17. The van der Waals surface area contributed by atoms with Crippen LogP contribution in [0.25, 0.3) is 0 Å². The van der Waals surface area contributed by atoms with Gasteiger partial charge < -0.3 is 9.47 Å². The van der Waals surface area contributed by atoms with Crippen molar-refractivity contribution < 1.29 is 9.47 Å². The number of nitrogens with zero attached hydrogens (tertiary/aromatic N) is 4. The van der Waals surface area contributed by atoms with Gasteiger partial charge in [-0.3, -0.25) is 0 Å². The molecule has 6 nitrogen and oxygen atoms in total. The largest absolute Gasteiger partial charge is 0.454 e. The smallest absolute Gasteiger partial charge is 0.231 e. The van der Waals surface area contributed by atoms with Crippen molar-refractivity contribution in [3.63, 3.8) is 0 Å². The van der Waals surface area contributed by atoms with Crippen LogP contribution in [0.4, 0.5) is 0 Å². The van der Waals surface area contributed by atoms with Crippen LogP contribution in [0.5, 0.6) is 11.5 Å². The van der Waals surface area contributed by atoms with Crippen molar-refractivity contribution in [2.75, 3.05) is 6.79 Å². The quantitative estimate of drug-likeness (QED) is 0.461. The molecule has 0 bridgehead atoms. The van der Waals surface area contributed by atoms with E-state index in [1.807, 2.05) is 30.3 Å². The fourth-order valence-corrected chi connectivity index (χ4v) is 3.53. The SMILES string of the molecule is Clc1ccc(CSc2nncn2/N=C\c2cc(Cl)c3c(c2)OCO3)cc1. The molecule has 0 N–H and O–H groups in total. The minimum Gasteiger partial charge on any atom is -0.454 e. The van der Waals surface area contributed by atoms with Gasteiger partial charge in [-0.1, -0.05) is 47.1 Å². The van der Waals surface area contributed by atoms with Crippen LogP contribution in [-0.2, 0) is 5.75 Å². The zero-order chi connectivity index (χ0) is 17.9. The van der Waals surface area contributed by atoms with Crippen molar-refractivity contribution >= 4 is 41.2 Å². The summed E-state index contributed by atoms with van der Waals surface area (Å²) in [5.41, 5.74) is 1.93. The molecule has 0 saturated carbocycles. The molecule has 0 unspecified atom stereocenters. The molecule has 2 heterocycles. The first-order valence-corrected chi connectivity index (χ1v) is 9.34. The molecule has 0 atom stereocenters. The molecule has 0 fully saturated rings. The van der Waals surface area contributed by atoms with Gasteiger partial charge in [0.15, 0.2) is 11.5 Å². The van der Waals surface area contributed by atoms with E-state index in [9.17, 15) is 0 Å². The Bertz CT molecular complexity index is 960. The summed E-state index contributed by atoms with van der Waals surface area (Å²) < 4.78 is 12.3. The van der Waals surface area contributed by atoms with Crippen LogP contribution in [0, 0.1) is 0 Å². The summed E-state index contributed by atoms with van der Waals surface area (Å²) in [6.07, 6.45) is 3.22. The molecule has 0 radical (unpaired) electrons. The number of rotatable bonds is 5. The van der Waals surface area contributed by atoms with E-state index in [0.717, 1.165) is 16.9 Å². The lowest BCUT2D eigenvalue weighted by molar-refractivity contribution is 0.174. The van der Waals surface area contributed by atoms with Crippen LogP contribution in [0.3, 0.4) is 0 Å². The Labute approximate surface area is 163 Å². The van der Waals surface area contributed by atoms with Crippen LogP contribution in [-0.4, -0.2) is 27.9 Å². The van der Waals surface area contributed by atoms with E-state index in [2.05, 4.69) is 15.3 Å². The molecule has 0 saturated heterocycles. The fourth-order valence-electron chi connectivity index (χ4n) is 2.31. The predicted octanol–water partition coefficient (Wildman–Crippen LogP) is 4.49. The molecule has 2 aromatic carbocycles. The van der Waals surface area contributed by atoms with Crippen LogP contribution in [0.15, 0.2) is 53.0 Å². The Balaban J connectivity index is 1.48.